The van der Waals surface area contributed by atoms with E-state index in [1.54, 1.807) is 35.1 Å². The molecule has 0 radical (unpaired) electrons. The molecule has 4 N–H and O–H groups in total. The molecule has 0 saturated heterocycles. The third-order valence-corrected chi connectivity index (χ3v) is 7.76. The number of benzene rings is 2. The summed E-state index contributed by atoms with van der Waals surface area (Å²) in [6, 6.07) is 13.5. The number of aliphatic hydroxyl groups excluding tert-OH is 1. The number of aliphatic hydroxyl groups is 2. The monoisotopic (exact) mass is 461 g/mol. The van der Waals surface area contributed by atoms with E-state index in [-0.39, 0.29) is 11.2 Å². The molecule has 1 amide bonds. The van der Waals surface area contributed by atoms with Crippen molar-refractivity contribution < 1.29 is 19.4 Å². The summed E-state index contributed by atoms with van der Waals surface area (Å²) in [5.74, 6) is -1.07. The van der Waals surface area contributed by atoms with Gasteiger partial charge in [0.2, 0.25) is 0 Å². The van der Waals surface area contributed by atoms with Crippen LogP contribution in [0.3, 0.4) is 0 Å². The fraction of sp³-hybridized carbons (Fsp3) is 0.333. The van der Waals surface area contributed by atoms with Gasteiger partial charge in [-0.3, -0.25) is 4.79 Å². The number of carbonyl (C=O) groups excluding carboxylic acids is 1. The summed E-state index contributed by atoms with van der Waals surface area (Å²) in [5, 5.41) is 26.7. The molecule has 3 unspecified atom stereocenters. The minimum Gasteiger partial charge on any atom is -0.385 e. The fourth-order valence-corrected chi connectivity index (χ4v) is 5.57. The molecule has 1 aromatic heterocycles. The third-order valence-electron chi connectivity index (χ3n) is 7.76. The first kappa shape index (κ1) is 22.5. The molecule has 3 aromatic rings. The van der Waals surface area contributed by atoms with E-state index in [4.69, 9.17) is 5.73 Å². The fourth-order valence-electron chi connectivity index (χ4n) is 5.57. The number of rotatable bonds is 6. The Bertz CT molecular complexity index is 1280. The number of primary amides is 1. The lowest BCUT2D eigenvalue weighted by Gasteiger charge is -2.42. The van der Waals surface area contributed by atoms with Crippen LogP contribution in [0.4, 0.5) is 4.39 Å². The molecule has 0 bridgehead atoms. The Morgan fingerprint density at radius 3 is 2.71 bits per heavy atom. The molecule has 176 valence electrons. The molecular weight excluding hydrogens is 433 g/mol. The van der Waals surface area contributed by atoms with Crippen molar-refractivity contribution in [2.24, 2.45) is 11.1 Å². The number of hydrogen-bond acceptors (Lipinski definition) is 4. The van der Waals surface area contributed by atoms with E-state index in [0.29, 0.717) is 24.8 Å². The Balaban J connectivity index is 1.42. The zero-order valence-electron chi connectivity index (χ0n) is 19.0. The Morgan fingerprint density at radius 2 is 1.97 bits per heavy atom. The van der Waals surface area contributed by atoms with E-state index in [9.17, 15) is 19.4 Å². The lowest BCUT2D eigenvalue weighted by molar-refractivity contribution is -0.126. The number of fused-ring (bicyclic) bond motifs is 2. The van der Waals surface area contributed by atoms with Gasteiger partial charge in [0.1, 0.15) is 5.82 Å². The SMILES string of the molecule is CC1(CCc2ccccc2C(O)C(N)=O)CCC2=Cc3c(cnn3-c3ccc(F)cc3)CC21O. The van der Waals surface area contributed by atoms with Gasteiger partial charge in [0.05, 0.1) is 23.2 Å². The highest BCUT2D eigenvalue weighted by Crippen LogP contribution is 2.56. The van der Waals surface area contributed by atoms with Crippen molar-refractivity contribution in [3.8, 4) is 5.69 Å². The minimum atomic E-state index is -1.35. The molecule has 2 aliphatic rings. The number of hydrogen-bond donors (Lipinski definition) is 3. The maximum Gasteiger partial charge on any atom is 0.250 e. The molecule has 34 heavy (non-hydrogen) atoms. The summed E-state index contributed by atoms with van der Waals surface area (Å²) in [6.45, 7) is 2.11. The molecular formula is C27H28FN3O3. The minimum absolute atomic E-state index is 0.297. The number of halogens is 1. The highest BCUT2D eigenvalue weighted by atomic mass is 19.1. The molecule has 2 aromatic carbocycles. The van der Waals surface area contributed by atoms with Gasteiger partial charge in [0, 0.05) is 17.4 Å². The van der Waals surface area contributed by atoms with Gasteiger partial charge in [0.25, 0.3) is 5.91 Å². The van der Waals surface area contributed by atoms with Crippen LogP contribution in [0.15, 0.2) is 60.3 Å². The Morgan fingerprint density at radius 1 is 1.24 bits per heavy atom. The molecule has 6 nitrogen and oxygen atoms in total. The van der Waals surface area contributed by atoms with Gasteiger partial charge in [-0.05, 0) is 72.7 Å². The van der Waals surface area contributed by atoms with Crippen molar-refractivity contribution in [1.82, 2.24) is 9.78 Å². The average Bonchev–Trinajstić information content (AvgIpc) is 3.34. The first-order valence-corrected chi connectivity index (χ1v) is 11.5. The molecule has 1 saturated carbocycles. The highest BCUT2D eigenvalue weighted by molar-refractivity contribution is 5.80. The molecule has 3 atom stereocenters. The number of nitrogens with zero attached hydrogens (tertiary/aromatic N) is 2. The molecule has 7 heteroatoms. The maximum atomic E-state index is 13.4. The number of carbonyl (C=O) groups is 1. The van der Waals surface area contributed by atoms with Crippen molar-refractivity contribution in [2.75, 3.05) is 0 Å². The quantitative estimate of drug-likeness (QED) is 0.522. The van der Waals surface area contributed by atoms with Crippen LogP contribution in [0.5, 0.6) is 0 Å². The normalized spacial score (nSPS) is 24.3. The molecule has 1 fully saturated rings. The van der Waals surface area contributed by atoms with E-state index >= 15 is 0 Å². The van der Waals surface area contributed by atoms with Gasteiger partial charge >= 0.3 is 0 Å². The van der Waals surface area contributed by atoms with Gasteiger partial charge < -0.3 is 15.9 Å². The second kappa shape index (κ2) is 8.18. The lowest BCUT2D eigenvalue weighted by Crippen LogP contribution is -2.46. The topological polar surface area (TPSA) is 101 Å². The molecule has 0 aliphatic heterocycles. The van der Waals surface area contributed by atoms with Gasteiger partial charge in [0.15, 0.2) is 6.10 Å². The summed E-state index contributed by atoms with van der Waals surface area (Å²) in [7, 11) is 0. The second-order valence-corrected chi connectivity index (χ2v) is 9.71. The average molecular weight is 462 g/mol. The van der Waals surface area contributed by atoms with E-state index in [0.717, 1.165) is 40.9 Å². The van der Waals surface area contributed by atoms with Crippen LogP contribution in [0.25, 0.3) is 11.8 Å². The maximum absolute atomic E-state index is 13.4. The van der Waals surface area contributed by atoms with Crippen molar-refractivity contribution >= 4 is 12.0 Å². The zero-order chi connectivity index (χ0) is 24.1. The summed E-state index contributed by atoms with van der Waals surface area (Å²) in [4.78, 5) is 11.6. The van der Waals surface area contributed by atoms with Gasteiger partial charge in [-0.2, -0.15) is 5.10 Å². The van der Waals surface area contributed by atoms with Crippen LogP contribution in [0.1, 0.15) is 54.7 Å². The molecule has 5 rings (SSSR count). The smallest absolute Gasteiger partial charge is 0.250 e. The van der Waals surface area contributed by atoms with Crippen LogP contribution >= 0.6 is 0 Å². The van der Waals surface area contributed by atoms with Crippen LogP contribution < -0.4 is 5.73 Å². The van der Waals surface area contributed by atoms with E-state index in [2.05, 4.69) is 12.0 Å². The van der Waals surface area contributed by atoms with E-state index in [1.165, 1.54) is 12.1 Å². The van der Waals surface area contributed by atoms with Gasteiger partial charge in [-0.25, -0.2) is 9.07 Å². The van der Waals surface area contributed by atoms with Gasteiger partial charge in [-0.1, -0.05) is 31.2 Å². The summed E-state index contributed by atoms with van der Waals surface area (Å²) in [5.41, 5.74) is 8.94. The zero-order valence-corrected chi connectivity index (χ0v) is 19.0. The summed E-state index contributed by atoms with van der Waals surface area (Å²) >= 11 is 0. The predicted molar refractivity (Wildman–Crippen MR) is 126 cm³/mol. The standard InChI is InChI=1S/C27H28FN3O3/c1-26(12-10-17-4-2-3-5-22(17)24(32)25(29)33)13-11-19-14-23-18(15-27(19,26)34)16-30-31(23)21-8-6-20(28)7-9-21/h2-9,14,16,24,32,34H,10-13,15H2,1H3,(H2,29,33). The first-order chi connectivity index (χ1) is 16.2. The third kappa shape index (κ3) is 3.56. The van der Waals surface area contributed by atoms with Crippen molar-refractivity contribution in [3.05, 3.63) is 88.5 Å². The lowest BCUT2D eigenvalue weighted by atomic mass is 9.67. The second-order valence-electron chi connectivity index (χ2n) is 9.71. The number of amides is 1. The van der Waals surface area contributed by atoms with Crippen LogP contribution in [-0.4, -0.2) is 31.5 Å². The van der Waals surface area contributed by atoms with Crippen LogP contribution in [0, 0.1) is 11.2 Å². The number of aromatic nitrogens is 2. The van der Waals surface area contributed by atoms with Crippen molar-refractivity contribution in [3.63, 3.8) is 0 Å². The van der Waals surface area contributed by atoms with Crippen LogP contribution in [0.2, 0.25) is 0 Å². The summed E-state index contributed by atoms with van der Waals surface area (Å²) in [6.07, 6.45) is 5.81. The Hall–Kier alpha value is -3.29. The van der Waals surface area contributed by atoms with E-state index in [1.807, 2.05) is 18.2 Å². The molecule has 0 spiro atoms. The molecule has 2 aliphatic carbocycles. The van der Waals surface area contributed by atoms with Gasteiger partial charge in [-0.15, -0.1) is 0 Å². The number of nitrogens with two attached hydrogens (primary N) is 1. The Labute approximate surface area is 197 Å². The first-order valence-electron chi connectivity index (χ1n) is 11.5. The van der Waals surface area contributed by atoms with Crippen LogP contribution in [-0.2, 0) is 17.6 Å². The van der Waals surface area contributed by atoms with E-state index < -0.39 is 17.6 Å². The van der Waals surface area contributed by atoms with Crippen molar-refractivity contribution in [2.45, 2.75) is 50.7 Å². The predicted octanol–water partition coefficient (Wildman–Crippen LogP) is 3.63. The largest absolute Gasteiger partial charge is 0.385 e. The Kier molecular flexibility index (Phi) is 5.41. The van der Waals surface area contributed by atoms with Crippen molar-refractivity contribution in [1.29, 1.82) is 0 Å². The number of aryl methyl sites for hydroxylation is 1. The summed E-state index contributed by atoms with van der Waals surface area (Å²) < 4.78 is 15.2. The highest BCUT2D eigenvalue weighted by Gasteiger charge is 2.55. The molecule has 1 heterocycles.